The van der Waals surface area contributed by atoms with Crippen molar-refractivity contribution in [2.45, 2.75) is 11.8 Å². The van der Waals surface area contributed by atoms with Gasteiger partial charge in [0.05, 0.1) is 0 Å². The fraction of sp³-hybridized carbons (Fsp3) is 0.158. The summed E-state index contributed by atoms with van der Waals surface area (Å²) >= 11 is 1.90. The number of anilines is 1. The molecule has 0 aliphatic rings. The van der Waals surface area contributed by atoms with Crippen molar-refractivity contribution in [3.63, 3.8) is 0 Å². The molecule has 0 aromatic heterocycles. The number of fused-ring (bicyclic) bond motifs is 1. The topological polar surface area (TPSA) is 12.0 Å². The molecule has 0 atom stereocenters. The van der Waals surface area contributed by atoms with E-state index in [0.717, 1.165) is 12.3 Å². The van der Waals surface area contributed by atoms with Gasteiger partial charge in [-0.1, -0.05) is 42.5 Å². The van der Waals surface area contributed by atoms with Crippen LogP contribution < -0.4 is 5.32 Å². The summed E-state index contributed by atoms with van der Waals surface area (Å²) in [4.78, 5) is 1.33. The highest BCUT2D eigenvalue weighted by Gasteiger charge is 1.97. The molecular formula is C19H19NS. The minimum absolute atomic E-state index is 0.973. The average molecular weight is 293 g/mol. The largest absolute Gasteiger partial charge is 0.384 e. The Balaban J connectivity index is 1.54. The zero-order chi connectivity index (χ0) is 14.5. The Morgan fingerprint density at radius 2 is 1.71 bits per heavy atom. The SMILES string of the molecule is Cc1cccc(NCCSc2ccc3ccccc3c2)c1. The molecule has 0 spiro atoms. The standard InChI is InChI=1S/C19H19NS/c1-15-5-4-8-18(13-15)20-11-12-21-19-10-9-16-6-2-3-7-17(16)14-19/h2-10,13-14,20H,11-12H2,1H3. The monoisotopic (exact) mass is 293 g/mol. The average Bonchev–Trinajstić information content (AvgIpc) is 2.51. The van der Waals surface area contributed by atoms with E-state index in [9.17, 15) is 0 Å². The molecule has 0 aliphatic heterocycles. The van der Waals surface area contributed by atoms with Crippen molar-refractivity contribution in [3.8, 4) is 0 Å². The van der Waals surface area contributed by atoms with E-state index in [0.29, 0.717) is 0 Å². The van der Waals surface area contributed by atoms with Crippen LogP contribution in [0.25, 0.3) is 10.8 Å². The zero-order valence-electron chi connectivity index (χ0n) is 12.2. The zero-order valence-corrected chi connectivity index (χ0v) is 13.0. The third-order valence-corrected chi connectivity index (χ3v) is 4.43. The molecule has 0 bridgehead atoms. The Morgan fingerprint density at radius 1 is 0.857 bits per heavy atom. The summed E-state index contributed by atoms with van der Waals surface area (Å²) < 4.78 is 0. The predicted octanol–water partition coefficient (Wildman–Crippen LogP) is 5.35. The molecule has 0 amide bonds. The van der Waals surface area contributed by atoms with E-state index in [4.69, 9.17) is 0 Å². The smallest absolute Gasteiger partial charge is 0.0343 e. The maximum absolute atomic E-state index is 3.47. The lowest BCUT2D eigenvalue weighted by Crippen LogP contribution is -2.03. The number of benzene rings is 3. The quantitative estimate of drug-likeness (QED) is 0.502. The number of aryl methyl sites for hydroxylation is 1. The van der Waals surface area contributed by atoms with E-state index in [1.165, 1.54) is 26.9 Å². The minimum atomic E-state index is 0.973. The van der Waals surface area contributed by atoms with Crippen LogP contribution in [-0.4, -0.2) is 12.3 Å². The molecule has 0 saturated heterocycles. The van der Waals surface area contributed by atoms with Gasteiger partial charge in [-0.05, 0) is 47.5 Å². The second-order valence-corrected chi connectivity index (χ2v) is 6.32. The first kappa shape index (κ1) is 14.0. The molecule has 0 unspecified atom stereocenters. The molecule has 0 heterocycles. The van der Waals surface area contributed by atoms with Crippen molar-refractivity contribution in [1.29, 1.82) is 0 Å². The Kier molecular flexibility index (Phi) is 4.46. The van der Waals surface area contributed by atoms with Gasteiger partial charge in [-0.15, -0.1) is 11.8 Å². The molecule has 21 heavy (non-hydrogen) atoms. The second-order valence-electron chi connectivity index (χ2n) is 5.15. The van der Waals surface area contributed by atoms with Crippen LogP contribution >= 0.6 is 11.8 Å². The number of thioether (sulfide) groups is 1. The molecule has 3 aromatic rings. The van der Waals surface area contributed by atoms with Gasteiger partial charge in [0.15, 0.2) is 0 Å². The summed E-state index contributed by atoms with van der Waals surface area (Å²) in [5, 5.41) is 6.09. The molecule has 106 valence electrons. The third-order valence-electron chi connectivity index (χ3n) is 3.44. The molecule has 2 heteroatoms. The van der Waals surface area contributed by atoms with Crippen molar-refractivity contribution >= 4 is 28.2 Å². The van der Waals surface area contributed by atoms with E-state index in [1.807, 2.05) is 11.8 Å². The molecule has 0 saturated carbocycles. The van der Waals surface area contributed by atoms with E-state index >= 15 is 0 Å². The highest BCUT2D eigenvalue weighted by molar-refractivity contribution is 7.99. The van der Waals surface area contributed by atoms with Crippen molar-refractivity contribution in [2.24, 2.45) is 0 Å². The van der Waals surface area contributed by atoms with Gasteiger partial charge in [-0.3, -0.25) is 0 Å². The number of hydrogen-bond donors (Lipinski definition) is 1. The van der Waals surface area contributed by atoms with E-state index < -0.39 is 0 Å². The van der Waals surface area contributed by atoms with Gasteiger partial charge in [0, 0.05) is 22.9 Å². The van der Waals surface area contributed by atoms with Crippen LogP contribution in [0.15, 0.2) is 71.6 Å². The molecule has 3 rings (SSSR count). The van der Waals surface area contributed by atoms with Gasteiger partial charge in [0.2, 0.25) is 0 Å². The molecule has 1 nitrogen and oxygen atoms in total. The van der Waals surface area contributed by atoms with Crippen molar-refractivity contribution in [2.75, 3.05) is 17.6 Å². The van der Waals surface area contributed by atoms with Gasteiger partial charge < -0.3 is 5.32 Å². The Morgan fingerprint density at radius 3 is 2.57 bits per heavy atom. The summed E-state index contributed by atoms with van der Waals surface area (Å²) in [7, 11) is 0. The van der Waals surface area contributed by atoms with Crippen LogP contribution in [0.1, 0.15) is 5.56 Å². The van der Waals surface area contributed by atoms with Crippen LogP contribution in [0.2, 0.25) is 0 Å². The van der Waals surface area contributed by atoms with Crippen LogP contribution in [0, 0.1) is 6.92 Å². The third kappa shape index (κ3) is 3.79. The van der Waals surface area contributed by atoms with E-state index in [2.05, 4.69) is 79.0 Å². The lowest BCUT2D eigenvalue weighted by Gasteiger charge is -2.07. The van der Waals surface area contributed by atoms with Crippen molar-refractivity contribution in [3.05, 3.63) is 72.3 Å². The maximum atomic E-state index is 3.47. The predicted molar refractivity (Wildman–Crippen MR) is 94.3 cm³/mol. The molecule has 1 N–H and O–H groups in total. The van der Waals surface area contributed by atoms with Crippen LogP contribution in [0.5, 0.6) is 0 Å². The van der Waals surface area contributed by atoms with E-state index in [1.54, 1.807) is 0 Å². The van der Waals surface area contributed by atoms with Gasteiger partial charge >= 0.3 is 0 Å². The summed E-state index contributed by atoms with van der Waals surface area (Å²) in [6, 6.07) is 23.7. The molecule has 3 aromatic carbocycles. The fourth-order valence-corrected chi connectivity index (χ4v) is 3.19. The van der Waals surface area contributed by atoms with E-state index in [-0.39, 0.29) is 0 Å². The fourth-order valence-electron chi connectivity index (χ4n) is 2.38. The van der Waals surface area contributed by atoms with Crippen LogP contribution in [0.4, 0.5) is 5.69 Å². The Hall–Kier alpha value is -1.93. The highest BCUT2D eigenvalue weighted by Crippen LogP contribution is 2.23. The Labute approximate surface area is 130 Å². The molecule has 0 radical (unpaired) electrons. The maximum Gasteiger partial charge on any atom is 0.0343 e. The second kappa shape index (κ2) is 6.68. The lowest BCUT2D eigenvalue weighted by molar-refractivity contribution is 1.22. The summed E-state index contributed by atoms with van der Waals surface area (Å²) in [5.74, 6) is 1.06. The lowest BCUT2D eigenvalue weighted by atomic mass is 10.1. The normalized spacial score (nSPS) is 10.7. The van der Waals surface area contributed by atoms with Gasteiger partial charge in [-0.25, -0.2) is 0 Å². The number of nitrogens with one attached hydrogen (secondary N) is 1. The van der Waals surface area contributed by atoms with Gasteiger partial charge in [-0.2, -0.15) is 0 Å². The Bertz CT molecular complexity index is 736. The number of rotatable bonds is 5. The summed E-state index contributed by atoms with van der Waals surface area (Å²) in [5.41, 5.74) is 2.50. The van der Waals surface area contributed by atoms with Crippen molar-refractivity contribution in [1.82, 2.24) is 0 Å². The highest BCUT2D eigenvalue weighted by atomic mass is 32.2. The first-order valence-corrected chi connectivity index (χ1v) is 8.22. The number of hydrogen-bond acceptors (Lipinski definition) is 2. The van der Waals surface area contributed by atoms with Gasteiger partial charge in [0.25, 0.3) is 0 Å². The first-order valence-electron chi connectivity index (χ1n) is 7.23. The van der Waals surface area contributed by atoms with Crippen LogP contribution in [-0.2, 0) is 0 Å². The van der Waals surface area contributed by atoms with Crippen molar-refractivity contribution < 1.29 is 0 Å². The molecule has 0 aliphatic carbocycles. The summed E-state index contributed by atoms with van der Waals surface area (Å²) in [6.45, 7) is 3.09. The summed E-state index contributed by atoms with van der Waals surface area (Å²) in [6.07, 6.45) is 0. The van der Waals surface area contributed by atoms with Gasteiger partial charge in [0.1, 0.15) is 0 Å². The van der Waals surface area contributed by atoms with Crippen LogP contribution in [0.3, 0.4) is 0 Å². The minimum Gasteiger partial charge on any atom is -0.384 e. The molecule has 0 fully saturated rings. The molecular weight excluding hydrogens is 274 g/mol. The first-order chi connectivity index (χ1) is 10.3.